The van der Waals surface area contributed by atoms with Gasteiger partial charge in [-0.15, -0.1) is 0 Å². The molecule has 2 aliphatic heterocycles. The lowest BCUT2D eigenvalue weighted by Crippen LogP contribution is -2.37. The molecule has 0 aromatic heterocycles. The van der Waals surface area contributed by atoms with Crippen LogP contribution < -0.4 is 0 Å². The fraction of sp³-hybridized carbons (Fsp3) is 1.00. The van der Waals surface area contributed by atoms with Gasteiger partial charge < -0.3 is 0 Å². The van der Waals surface area contributed by atoms with Gasteiger partial charge in [-0.25, -0.2) is 0 Å². The van der Waals surface area contributed by atoms with E-state index in [-0.39, 0.29) is 0 Å². The first kappa shape index (κ1) is 19.9. The van der Waals surface area contributed by atoms with E-state index in [2.05, 4.69) is 75.1 Å². The zero-order valence-corrected chi connectivity index (χ0v) is 16.3. The minimum Gasteiger partial charge on any atom is -0.287 e. The summed E-state index contributed by atoms with van der Waals surface area (Å²) in [5.74, 6) is 0. The molecule has 4 unspecified atom stereocenters. The molecule has 2 aliphatic rings. The maximum Gasteiger partial charge on any atom is 0.0596 e. The minimum atomic E-state index is 0.643. The molecule has 0 radical (unpaired) electrons. The molecule has 0 N–H and O–H groups in total. The molecule has 22 heavy (non-hydrogen) atoms. The number of rotatable bonds is 4. The van der Waals surface area contributed by atoms with Crippen molar-refractivity contribution in [1.29, 1.82) is 0 Å². The molecule has 0 aromatic carbocycles. The van der Waals surface area contributed by atoms with Crippen LogP contribution in [0, 0.1) is 0 Å². The standard InChI is InChI=1S/2C9H20N2/c1-5-9-7-11(6-2)8(3)10(9)4;1-5-10-7-8(3)11(6-2)9(10)4/h2*8-9H,5-7H2,1-4H3. The van der Waals surface area contributed by atoms with Gasteiger partial charge in [0.05, 0.1) is 12.3 Å². The van der Waals surface area contributed by atoms with Crippen LogP contribution in [0.4, 0.5) is 0 Å². The Morgan fingerprint density at radius 2 is 1.32 bits per heavy atom. The SMILES string of the molecule is CCC1CN(CC)C(C)N1C.CCN1CC(C)N(CC)C1C. The summed E-state index contributed by atoms with van der Waals surface area (Å²) in [4.78, 5) is 10.1. The first-order valence-corrected chi connectivity index (χ1v) is 9.36. The van der Waals surface area contributed by atoms with Crippen LogP contribution in [0.5, 0.6) is 0 Å². The Morgan fingerprint density at radius 3 is 1.59 bits per heavy atom. The molecule has 4 atom stereocenters. The lowest BCUT2D eigenvalue weighted by Gasteiger charge is -2.26. The van der Waals surface area contributed by atoms with E-state index in [1.165, 1.54) is 39.1 Å². The minimum absolute atomic E-state index is 0.643. The molecular formula is C18H40N4. The van der Waals surface area contributed by atoms with E-state index < -0.39 is 0 Å². The summed E-state index contributed by atoms with van der Waals surface area (Å²) >= 11 is 0. The second-order valence-electron chi connectivity index (χ2n) is 6.85. The van der Waals surface area contributed by atoms with Crippen molar-refractivity contribution in [3.8, 4) is 0 Å². The summed E-state index contributed by atoms with van der Waals surface area (Å²) in [5, 5.41) is 0. The highest BCUT2D eigenvalue weighted by Crippen LogP contribution is 2.19. The predicted octanol–water partition coefficient (Wildman–Crippen LogP) is 2.76. The Kier molecular flexibility index (Phi) is 8.33. The highest BCUT2D eigenvalue weighted by Gasteiger charge is 2.32. The molecule has 4 heteroatoms. The van der Waals surface area contributed by atoms with E-state index in [0.717, 1.165) is 12.1 Å². The first-order chi connectivity index (χ1) is 10.4. The summed E-state index contributed by atoms with van der Waals surface area (Å²) in [6, 6.07) is 1.53. The number of likely N-dealkylation sites (N-methyl/N-ethyl adjacent to an activating group) is 4. The second-order valence-corrected chi connectivity index (χ2v) is 6.85. The summed E-state index contributed by atoms with van der Waals surface area (Å²) in [5.41, 5.74) is 0. The highest BCUT2D eigenvalue weighted by molar-refractivity contribution is 4.84. The van der Waals surface area contributed by atoms with Gasteiger partial charge in [-0.05, 0) is 53.9 Å². The first-order valence-electron chi connectivity index (χ1n) is 9.36. The van der Waals surface area contributed by atoms with Crippen molar-refractivity contribution in [2.75, 3.05) is 39.8 Å². The third-order valence-electron chi connectivity index (χ3n) is 5.86. The van der Waals surface area contributed by atoms with Crippen molar-refractivity contribution >= 4 is 0 Å². The lowest BCUT2D eigenvalue weighted by molar-refractivity contribution is 0.150. The van der Waals surface area contributed by atoms with Crippen LogP contribution >= 0.6 is 0 Å². The third kappa shape index (κ3) is 4.44. The van der Waals surface area contributed by atoms with E-state index >= 15 is 0 Å². The molecule has 132 valence electrons. The molecule has 0 bridgehead atoms. The van der Waals surface area contributed by atoms with Crippen LogP contribution in [0.1, 0.15) is 54.9 Å². The van der Waals surface area contributed by atoms with Gasteiger partial charge in [0.25, 0.3) is 0 Å². The molecule has 2 rings (SSSR count). The number of nitrogens with zero attached hydrogens (tertiary/aromatic N) is 4. The van der Waals surface area contributed by atoms with Gasteiger partial charge in [0.2, 0.25) is 0 Å². The monoisotopic (exact) mass is 312 g/mol. The van der Waals surface area contributed by atoms with Gasteiger partial charge in [0, 0.05) is 25.2 Å². The predicted molar refractivity (Wildman–Crippen MR) is 97.1 cm³/mol. The van der Waals surface area contributed by atoms with Crippen LogP contribution in [0.2, 0.25) is 0 Å². The summed E-state index contributed by atoms with van der Waals surface area (Å²) in [7, 11) is 2.23. The largest absolute Gasteiger partial charge is 0.287 e. The van der Waals surface area contributed by atoms with Crippen molar-refractivity contribution in [3.05, 3.63) is 0 Å². The van der Waals surface area contributed by atoms with E-state index in [4.69, 9.17) is 0 Å². The Morgan fingerprint density at radius 1 is 0.773 bits per heavy atom. The molecule has 0 saturated carbocycles. The molecule has 2 saturated heterocycles. The van der Waals surface area contributed by atoms with Crippen LogP contribution in [-0.4, -0.2) is 83.8 Å². The Labute approximate surface area is 139 Å². The number of hydrogen-bond donors (Lipinski definition) is 0. The zero-order valence-electron chi connectivity index (χ0n) is 16.3. The fourth-order valence-electron chi connectivity index (χ4n) is 4.07. The van der Waals surface area contributed by atoms with Gasteiger partial charge in [0.1, 0.15) is 0 Å². The zero-order chi connectivity index (χ0) is 16.9. The molecular weight excluding hydrogens is 272 g/mol. The van der Waals surface area contributed by atoms with Crippen molar-refractivity contribution in [2.24, 2.45) is 0 Å². The van der Waals surface area contributed by atoms with Gasteiger partial charge >= 0.3 is 0 Å². The topological polar surface area (TPSA) is 13.0 Å². The Hall–Kier alpha value is -0.160. The van der Waals surface area contributed by atoms with Gasteiger partial charge in [-0.1, -0.05) is 27.7 Å². The van der Waals surface area contributed by atoms with Crippen LogP contribution in [0.3, 0.4) is 0 Å². The molecule has 0 spiro atoms. The summed E-state index contributed by atoms with van der Waals surface area (Å²) in [6.45, 7) is 21.9. The molecule has 4 nitrogen and oxygen atoms in total. The van der Waals surface area contributed by atoms with Crippen molar-refractivity contribution in [1.82, 2.24) is 19.6 Å². The lowest BCUT2D eigenvalue weighted by atomic mass is 10.2. The fourth-order valence-corrected chi connectivity index (χ4v) is 4.07. The van der Waals surface area contributed by atoms with Crippen LogP contribution in [0.15, 0.2) is 0 Å². The van der Waals surface area contributed by atoms with Gasteiger partial charge in [0.15, 0.2) is 0 Å². The molecule has 0 amide bonds. The average Bonchev–Trinajstić information content (AvgIpc) is 2.96. The summed E-state index contributed by atoms with van der Waals surface area (Å²) in [6.07, 6.45) is 2.57. The number of hydrogen-bond acceptors (Lipinski definition) is 4. The van der Waals surface area contributed by atoms with E-state index in [1.54, 1.807) is 0 Å². The van der Waals surface area contributed by atoms with E-state index in [1.807, 2.05) is 0 Å². The normalized spacial score (nSPS) is 34.9. The maximum atomic E-state index is 2.55. The third-order valence-corrected chi connectivity index (χ3v) is 5.86. The van der Waals surface area contributed by atoms with Crippen molar-refractivity contribution in [2.45, 2.75) is 79.3 Å². The van der Waals surface area contributed by atoms with Gasteiger partial charge in [-0.2, -0.15) is 0 Å². The Balaban J connectivity index is 0.000000220. The quantitative estimate of drug-likeness (QED) is 0.791. The Bertz CT molecular complexity index is 289. The van der Waals surface area contributed by atoms with Crippen LogP contribution in [0.25, 0.3) is 0 Å². The van der Waals surface area contributed by atoms with Crippen molar-refractivity contribution < 1.29 is 0 Å². The maximum absolute atomic E-state index is 2.55. The molecule has 0 aliphatic carbocycles. The highest BCUT2D eigenvalue weighted by atomic mass is 15.4. The van der Waals surface area contributed by atoms with Gasteiger partial charge in [-0.3, -0.25) is 19.6 Å². The summed E-state index contributed by atoms with van der Waals surface area (Å²) < 4.78 is 0. The molecule has 2 fully saturated rings. The molecule has 0 aromatic rings. The van der Waals surface area contributed by atoms with E-state index in [9.17, 15) is 0 Å². The molecule has 2 heterocycles. The van der Waals surface area contributed by atoms with E-state index in [0.29, 0.717) is 12.3 Å². The van der Waals surface area contributed by atoms with Crippen molar-refractivity contribution in [3.63, 3.8) is 0 Å². The second kappa shape index (κ2) is 9.21. The average molecular weight is 313 g/mol. The van der Waals surface area contributed by atoms with Crippen LogP contribution in [-0.2, 0) is 0 Å². The smallest absolute Gasteiger partial charge is 0.0596 e.